The van der Waals surface area contributed by atoms with Crippen molar-refractivity contribution < 1.29 is 9.21 Å². The largest absolute Gasteiger partial charge is 0.461 e. The zero-order chi connectivity index (χ0) is 20.3. The van der Waals surface area contributed by atoms with Crippen LogP contribution in [0.4, 0.5) is 5.69 Å². The first-order valence-electron chi connectivity index (χ1n) is 9.87. The standard InChI is InChI=1S/C23H20N4O2S/c28-21(26-14-6-9-17-8-4-5-12-19(17)26)16-30-23-25-24-22(20-13-7-15-29-20)27(23)18-10-2-1-3-11-18/h1-5,7-8,10-13,15H,6,9,14,16H2. The molecule has 2 aromatic heterocycles. The maximum absolute atomic E-state index is 13.0. The van der Waals surface area contributed by atoms with Crippen LogP contribution in [0, 0.1) is 0 Å². The lowest BCUT2D eigenvalue weighted by Gasteiger charge is -2.29. The Bertz CT molecular complexity index is 1160. The number of aryl methyl sites for hydroxylation is 1. The summed E-state index contributed by atoms with van der Waals surface area (Å²) in [6, 6.07) is 21.7. The third-order valence-electron chi connectivity index (χ3n) is 5.13. The van der Waals surface area contributed by atoms with Crippen LogP contribution in [0.5, 0.6) is 0 Å². The molecule has 4 aromatic rings. The summed E-state index contributed by atoms with van der Waals surface area (Å²) in [5.41, 5.74) is 3.18. The molecule has 1 aliphatic heterocycles. The van der Waals surface area contributed by atoms with Gasteiger partial charge in [0.25, 0.3) is 0 Å². The molecule has 0 saturated heterocycles. The molecule has 7 heteroatoms. The Morgan fingerprint density at radius 1 is 1.00 bits per heavy atom. The Labute approximate surface area is 178 Å². The number of hydrogen-bond donors (Lipinski definition) is 0. The average Bonchev–Trinajstić information content (AvgIpc) is 3.47. The molecular weight excluding hydrogens is 396 g/mol. The summed E-state index contributed by atoms with van der Waals surface area (Å²) in [5, 5.41) is 9.35. The van der Waals surface area contributed by atoms with Gasteiger partial charge < -0.3 is 9.32 Å². The average molecular weight is 417 g/mol. The van der Waals surface area contributed by atoms with Crippen molar-refractivity contribution in [2.75, 3.05) is 17.2 Å². The summed E-state index contributed by atoms with van der Waals surface area (Å²) in [6.45, 7) is 0.749. The SMILES string of the molecule is O=C(CSc1nnc(-c2ccco2)n1-c1ccccc1)N1CCCc2ccccc21. The van der Waals surface area contributed by atoms with Gasteiger partial charge in [0.15, 0.2) is 10.9 Å². The molecule has 1 aliphatic rings. The number of carbonyl (C=O) groups excluding carboxylic acids is 1. The maximum Gasteiger partial charge on any atom is 0.237 e. The van der Waals surface area contributed by atoms with Crippen molar-refractivity contribution in [3.63, 3.8) is 0 Å². The van der Waals surface area contributed by atoms with Gasteiger partial charge in [0.2, 0.25) is 11.7 Å². The van der Waals surface area contributed by atoms with Gasteiger partial charge in [-0.3, -0.25) is 9.36 Å². The van der Waals surface area contributed by atoms with Crippen molar-refractivity contribution in [2.45, 2.75) is 18.0 Å². The monoisotopic (exact) mass is 416 g/mol. The highest BCUT2D eigenvalue weighted by molar-refractivity contribution is 7.99. The lowest BCUT2D eigenvalue weighted by molar-refractivity contribution is -0.116. The van der Waals surface area contributed by atoms with E-state index in [0.29, 0.717) is 16.7 Å². The van der Waals surface area contributed by atoms with Crippen LogP contribution in [0.25, 0.3) is 17.3 Å². The van der Waals surface area contributed by atoms with Gasteiger partial charge in [-0.05, 0) is 48.7 Å². The van der Waals surface area contributed by atoms with Crippen molar-refractivity contribution >= 4 is 23.4 Å². The summed E-state index contributed by atoms with van der Waals surface area (Å²) < 4.78 is 7.48. The molecule has 1 amide bonds. The van der Waals surface area contributed by atoms with E-state index in [2.05, 4.69) is 16.3 Å². The second kappa shape index (κ2) is 8.20. The minimum atomic E-state index is 0.0781. The number of carbonyl (C=O) groups is 1. The molecule has 0 saturated carbocycles. The summed E-state index contributed by atoms with van der Waals surface area (Å²) in [5.74, 6) is 1.62. The van der Waals surface area contributed by atoms with E-state index in [9.17, 15) is 4.79 Å². The van der Waals surface area contributed by atoms with Crippen LogP contribution in [-0.2, 0) is 11.2 Å². The van der Waals surface area contributed by atoms with Crippen LogP contribution >= 0.6 is 11.8 Å². The zero-order valence-electron chi connectivity index (χ0n) is 16.3. The fourth-order valence-corrected chi connectivity index (χ4v) is 4.56. The molecule has 2 aromatic carbocycles. The molecule has 0 aliphatic carbocycles. The highest BCUT2D eigenvalue weighted by atomic mass is 32.2. The predicted octanol–water partition coefficient (Wildman–Crippen LogP) is 4.60. The Morgan fingerprint density at radius 3 is 2.67 bits per heavy atom. The van der Waals surface area contributed by atoms with Gasteiger partial charge >= 0.3 is 0 Å². The lowest BCUT2D eigenvalue weighted by Crippen LogP contribution is -2.36. The van der Waals surface area contributed by atoms with Crippen LogP contribution in [0.3, 0.4) is 0 Å². The van der Waals surface area contributed by atoms with Gasteiger partial charge in [0.05, 0.1) is 12.0 Å². The number of thioether (sulfide) groups is 1. The molecular formula is C23H20N4O2S. The van der Waals surface area contributed by atoms with Crippen LogP contribution < -0.4 is 4.90 Å². The van der Waals surface area contributed by atoms with Crippen molar-refractivity contribution in [2.24, 2.45) is 0 Å². The number of rotatable bonds is 5. The summed E-state index contributed by atoms with van der Waals surface area (Å²) in [4.78, 5) is 14.9. The van der Waals surface area contributed by atoms with Crippen LogP contribution in [0.1, 0.15) is 12.0 Å². The third kappa shape index (κ3) is 3.52. The highest BCUT2D eigenvalue weighted by Crippen LogP contribution is 2.30. The second-order valence-electron chi connectivity index (χ2n) is 7.02. The molecule has 5 rings (SSSR count). The molecule has 0 unspecified atom stereocenters. The number of hydrogen-bond acceptors (Lipinski definition) is 5. The molecule has 3 heterocycles. The lowest BCUT2D eigenvalue weighted by atomic mass is 10.0. The topological polar surface area (TPSA) is 64.2 Å². The van der Waals surface area contributed by atoms with Crippen molar-refractivity contribution in [1.82, 2.24) is 14.8 Å². The number of fused-ring (bicyclic) bond motifs is 1. The Hall–Kier alpha value is -3.32. The quantitative estimate of drug-likeness (QED) is 0.445. The third-order valence-corrected chi connectivity index (χ3v) is 6.04. The van der Waals surface area contributed by atoms with E-state index in [1.54, 1.807) is 6.26 Å². The Morgan fingerprint density at radius 2 is 1.83 bits per heavy atom. The molecule has 30 heavy (non-hydrogen) atoms. The van der Waals surface area contributed by atoms with Crippen LogP contribution in [0.2, 0.25) is 0 Å². The van der Waals surface area contributed by atoms with Crippen LogP contribution in [0.15, 0.2) is 82.6 Å². The number of anilines is 1. The van der Waals surface area contributed by atoms with Crippen molar-refractivity contribution in [3.8, 4) is 17.3 Å². The molecule has 6 nitrogen and oxygen atoms in total. The number of para-hydroxylation sites is 2. The number of furan rings is 1. The number of aromatic nitrogens is 3. The van der Waals surface area contributed by atoms with E-state index in [1.165, 1.54) is 17.3 Å². The van der Waals surface area contributed by atoms with Gasteiger partial charge in [0.1, 0.15) is 0 Å². The highest BCUT2D eigenvalue weighted by Gasteiger charge is 2.24. The number of amides is 1. The molecule has 150 valence electrons. The van der Waals surface area contributed by atoms with Gasteiger partial charge in [-0.25, -0.2) is 0 Å². The maximum atomic E-state index is 13.0. The first kappa shape index (κ1) is 18.7. The van der Waals surface area contributed by atoms with Crippen molar-refractivity contribution in [1.29, 1.82) is 0 Å². The minimum Gasteiger partial charge on any atom is -0.461 e. The zero-order valence-corrected chi connectivity index (χ0v) is 17.1. The van der Waals surface area contributed by atoms with Gasteiger partial charge in [-0.1, -0.05) is 48.2 Å². The minimum absolute atomic E-state index is 0.0781. The van der Waals surface area contributed by atoms with Gasteiger partial charge in [-0.15, -0.1) is 10.2 Å². The van der Waals surface area contributed by atoms with E-state index in [4.69, 9.17) is 4.42 Å². The van der Waals surface area contributed by atoms with E-state index in [1.807, 2.05) is 70.1 Å². The molecule has 0 N–H and O–H groups in total. The van der Waals surface area contributed by atoms with E-state index in [-0.39, 0.29) is 11.7 Å². The van der Waals surface area contributed by atoms with E-state index >= 15 is 0 Å². The Kier molecular flexibility index (Phi) is 5.11. The summed E-state index contributed by atoms with van der Waals surface area (Å²) in [7, 11) is 0. The second-order valence-corrected chi connectivity index (χ2v) is 7.96. The molecule has 0 fully saturated rings. The summed E-state index contributed by atoms with van der Waals surface area (Å²) >= 11 is 1.39. The normalized spacial score (nSPS) is 13.3. The molecule has 0 atom stereocenters. The predicted molar refractivity (Wildman–Crippen MR) is 117 cm³/mol. The fraction of sp³-hybridized carbons (Fsp3) is 0.174. The molecule has 0 radical (unpaired) electrons. The number of nitrogens with zero attached hydrogens (tertiary/aromatic N) is 4. The first-order valence-corrected chi connectivity index (χ1v) is 10.9. The van der Waals surface area contributed by atoms with Crippen LogP contribution in [-0.4, -0.2) is 33.0 Å². The van der Waals surface area contributed by atoms with E-state index < -0.39 is 0 Å². The summed E-state index contributed by atoms with van der Waals surface area (Å²) in [6.07, 6.45) is 3.61. The van der Waals surface area contributed by atoms with Gasteiger partial charge in [0, 0.05) is 17.9 Å². The van der Waals surface area contributed by atoms with Gasteiger partial charge in [-0.2, -0.15) is 0 Å². The smallest absolute Gasteiger partial charge is 0.237 e. The van der Waals surface area contributed by atoms with E-state index in [0.717, 1.165) is 30.8 Å². The van der Waals surface area contributed by atoms with Crippen molar-refractivity contribution in [3.05, 3.63) is 78.6 Å². The Balaban J connectivity index is 1.42. The molecule has 0 bridgehead atoms. The number of benzene rings is 2. The first-order chi connectivity index (χ1) is 14.8. The molecule has 0 spiro atoms. The fourth-order valence-electron chi connectivity index (χ4n) is 3.74.